The second kappa shape index (κ2) is 7.92. The van der Waals surface area contributed by atoms with Gasteiger partial charge in [-0.1, -0.05) is 60.7 Å². The zero-order chi connectivity index (χ0) is 15.9. The molecule has 0 aromatic heterocycles. The molecule has 0 unspecified atom stereocenters. The van der Waals surface area contributed by atoms with Gasteiger partial charge in [-0.15, -0.1) is 0 Å². The molecule has 2 aromatic carbocycles. The molecule has 0 amide bonds. The number of nitrogens with two attached hydrogens (primary N) is 1. The molecule has 0 spiro atoms. The summed E-state index contributed by atoms with van der Waals surface area (Å²) in [6.45, 7) is 4.12. The summed E-state index contributed by atoms with van der Waals surface area (Å²) in [5.41, 5.74) is 8.70. The first-order chi connectivity index (χ1) is 10.6. The maximum Gasteiger partial charge on any atom is 0.167 e. The van der Waals surface area contributed by atoms with Gasteiger partial charge in [-0.2, -0.15) is 0 Å². The topological polar surface area (TPSA) is 50.1 Å². The molecule has 22 heavy (non-hydrogen) atoms. The molecular weight excluding hydrogens is 290 g/mol. The number of rotatable bonds is 5. The minimum Gasteiger partial charge on any atom is -0.361 e. The van der Waals surface area contributed by atoms with Crippen molar-refractivity contribution in [3.05, 3.63) is 71.8 Å². The monoisotopic (exact) mass is 313 g/mol. The van der Waals surface area contributed by atoms with Crippen LogP contribution in [-0.2, 0) is 0 Å². The molecule has 4 heteroatoms. The minimum atomic E-state index is -0.185. The van der Waals surface area contributed by atoms with E-state index in [1.807, 2.05) is 48.5 Å². The molecule has 0 aliphatic carbocycles. The van der Waals surface area contributed by atoms with Gasteiger partial charge >= 0.3 is 0 Å². The Labute approximate surface area is 137 Å². The standard InChI is InChI=1S/C18H23N3S/c1-13(2)20-18(22)21-17(15-11-7-4-8-12-15)16(19)14-9-5-3-6-10-14/h3-13,16-17H,19H2,1-2H3,(H2,20,21,22)/t16-,17-/m0/s1. The van der Waals surface area contributed by atoms with Crippen molar-refractivity contribution in [2.24, 2.45) is 5.73 Å². The Balaban J connectivity index is 2.24. The van der Waals surface area contributed by atoms with Gasteiger partial charge in [0.15, 0.2) is 5.11 Å². The van der Waals surface area contributed by atoms with Crippen molar-refractivity contribution in [1.29, 1.82) is 0 Å². The summed E-state index contributed by atoms with van der Waals surface area (Å²) < 4.78 is 0. The fourth-order valence-corrected chi connectivity index (χ4v) is 2.72. The van der Waals surface area contributed by atoms with Crippen molar-refractivity contribution in [2.75, 3.05) is 0 Å². The van der Waals surface area contributed by atoms with Crippen LogP contribution in [0.4, 0.5) is 0 Å². The van der Waals surface area contributed by atoms with E-state index < -0.39 is 0 Å². The summed E-state index contributed by atoms with van der Waals surface area (Å²) in [5.74, 6) is 0. The predicted octanol–water partition coefficient (Wildman–Crippen LogP) is 3.30. The molecule has 0 fully saturated rings. The van der Waals surface area contributed by atoms with Gasteiger partial charge in [-0.25, -0.2) is 0 Å². The average Bonchev–Trinajstić information content (AvgIpc) is 2.53. The first-order valence-electron chi connectivity index (χ1n) is 7.50. The van der Waals surface area contributed by atoms with Gasteiger partial charge in [0.05, 0.1) is 12.1 Å². The summed E-state index contributed by atoms with van der Waals surface area (Å²) in [6.07, 6.45) is 0. The van der Waals surface area contributed by atoms with Crippen molar-refractivity contribution < 1.29 is 0 Å². The van der Waals surface area contributed by atoms with Crippen LogP contribution in [0.15, 0.2) is 60.7 Å². The Bertz CT molecular complexity index is 584. The number of thiocarbonyl (C=S) groups is 1. The molecule has 0 saturated heterocycles. The Hall–Kier alpha value is -1.91. The van der Waals surface area contributed by atoms with Crippen LogP contribution >= 0.6 is 12.2 Å². The summed E-state index contributed by atoms with van der Waals surface area (Å²) in [5, 5.41) is 7.19. The van der Waals surface area contributed by atoms with E-state index in [0.29, 0.717) is 5.11 Å². The maximum atomic E-state index is 6.50. The molecule has 0 bridgehead atoms. The second-order valence-electron chi connectivity index (χ2n) is 5.60. The number of hydrogen-bond acceptors (Lipinski definition) is 2. The molecular formula is C18H23N3S. The van der Waals surface area contributed by atoms with Gasteiger partial charge in [-0.05, 0) is 37.2 Å². The highest BCUT2D eigenvalue weighted by atomic mass is 32.1. The SMILES string of the molecule is CC(C)NC(=S)N[C@@H](c1ccccc1)[C@@H](N)c1ccccc1. The molecule has 4 N–H and O–H groups in total. The van der Waals surface area contributed by atoms with E-state index in [4.69, 9.17) is 18.0 Å². The van der Waals surface area contributed by atoms with E-state index in [-0.39, 0.29) is 18.1 Å². The Kier molecular flexibility index (Phi) is 5.92. The van der Waals surface area contributed by atoms with Crippen LogP contribution in [0.2, 0.25) is 0 Å². The fourth-order valence-electron chi connectivity index (χ4n) is 2.35. The molecule has 3 nitrogen and oxygen atoms in total. The van der Waals surface area contributed by atoms with Gasteiger partial charge in [0, 0.05) is 6.04 Å². The molecule has 0 aliphatic rings. The first kappa shape index (κ1) is 16.5. The highest BCUT2D eigenvalue weighted by Gasteiger charge is 2.22. The number of benzene rings is 2. The van der Waals surface area contributed by atoms with Crippen LogP contribution in [0, 0.1) is 0 Å². The van der Waals surface area contributed by atoms with Crippen LogP contribution in [0.1, 0.15) is 37.1 Å². The molecule has 2 atom stereocenters. The quantitative estimate of drug-likeness (QED) is 0.741. The highest BCUT2D eigenvalue weighted by Crippen LogP contribution is 2.26. The third-order valence-corrected chi connectivity index (χ3v) is 3.64. The van der Waals surface area contributed by atoms with E-state index in [0.717, 1.165) is 11.1 Å². The van der Waals surface area contributed by atoms with Crippen LogP contribution in [0.25, 0.3) is 0 Å². The molecule has 2 rings (SSSR count). The van der Waals surface area contributed by atoms with Crippen molar-refractivity contribution in [3.8, 4) is 0 Å². The highest BCUT2D eigenvalue weighted by molar-refractivity contribution is 7.80. The molecule has 116 valence electrons. The third-order valence-electron chi connectivity index (χ3n) is 3.41. The zero-order valence-electron chi connectivity index (χ0n) is 13.0. The smallest absolute Gasteiger partial charge is 0.167 e. The number of hydrogen-bond donors (Lipinski definition) is 3. The van der Waals surface area contributed by atoms with E-state index in [9.17, 15) is 0 Å². The average molecular weight is 313 g/mol. The lowest BCUT2D eigenvalue weighted by molar-refractivity contribution is 0.517. The second-order valence-corrected chi connectivity index (χ2v) is 6.01. The lowest BCUT2D eigenvalue weighted by atomic mass is 9.94. The summed E-state index contributed by atoms with van der Waals surface area (Å²) in [7, 11) is 0. The van der Waals surface area contributed by atoms with E-state index in [1.54, 1.807) is 0 Å². The Morgan fingerprint density at radius 1 is 0.864 bits per heavy atom. The molecule has 0 heterocycles. The normalized spacial score (nSPS) is 13.5. The van der Waals surface area contributed by atoms with Crippen molar-refractivity contribution in [3.63, 3.8) is 0 Å². The van der Waals surface area contributed by atoms with Crippen molar-refractivity contribution >= 4 is 17.3 Å². The van der Waals surface area contributed by atoms with Crippen LogP contribution in [-0.4, -0.2) is 11.2 Å². The first-order valence-corrected chi connectivity index (χ1v) is 7.91. The third kappa shape index (κ3) is 4.55. The van der Waals surface area contributed by atoms with Gasteiger partial charge in [-0.3, -0.25) is 0 Å². The Morgan fingerprint density at radius 2 is 1.36 bits per heavy atom. The summed E-state index contributed by atoms with van der Waals surface area (Å²) in [4.78, 5) is 0. The van der Waals surface area contributed by atoms with Crippen LogP contribution in [0.5, 0.6) is 0 Å². The molecule has 0 saturated carbocycles. The van der Waals surface area contributed by atoms with Crippen LogP contribution in [0.3, 0.4) is 0 Å². The molecule has 0 aliphatic heterocycles. The van der Waals surface area contributed by atoms with Crippen LogP contribution < -0.4 is 16.4 Å². The largest absolute Gasteiger partial charge is 0.361 e. The van der Waals surface area contributed by atoms with Crippen molar-refractivity contribution in [2.45, 2.75) is 32.0 Å². The zero-order valence-corrected chi connectivity index (χ0v) is 13.8. The predicted molar refractivity (Wildman–Crippen MR) is 96.6 cm³/mol. The Morgan fingerprint density at radius 3 is 1.86 bits per heavy atom. The summed E-state index contributed by atoms with van der Waals surface area (Å²) in [6, 6.07) is 20.3. The lowest BCUT2D eigenvalue weighted by Crippen LogP contribution is -2.44. The van der Waals surface area contributed by atoms with Crippen molar-refractivity contribution in [1.82, 2.24) is 10.6 Å². The van der Waals surface area contributed by atoms with Gasteiger partial charge in [0.1, 0.15) is 0 Å². The fraction of sp³-hybridized carbons (Fsp3) is 0.278. The van der Waals surface area contributed by atoms with E-state index >= 15 is 0 Å². The minimum absolute atomic E-state index is 0.0812. The maximum absolute atomic E-state index is 6.50. The van der Waals surface area contributed by atoms with E-state index in [2.05, 4.69) is 36.6 Å². The lowest BCUT2D eigenvalue weighted by Gasteiger charge is -2.28. The summed E-state index contributed by atoms with van der Waals surface area (Å²) >= 11 is 5.40. The van der Waals surface area contributed by atoms with Gasteiger partial charge in [0.2, 0.25) is 0 Å². The molecule has 0 radical (unpaired) electrons. The van der Waals surface area contributed by atoms with Gasteiger partial charge < -0.3 is 16.4 Å². The molecule has 2 aromatic rings. The number of nitrogens with one attached hydrogen (secondary N) is 2. The van der Waals surface area contributed by atoms with E-state index in [1.165, 1.54) is 0 Å². The van der Waals surface area contributed by atoms with Gasteiger partial charge in [0.25, 0.3) is 0 Å².